The topological polar surface area (TPSA) is 180 Å². The third kappa shape index (κ3) is 6.52. The van der Waals surface area contributed by atoms with E-state index in [0.717, 1.165) is 0 Å². The minimum Gasteiger partial charge on any atom is -0.477 e. The Hall–Kier alpha value is -3.30. The molecule has 2 saturated heterocycles. The van der Waals surface area contributed by atoms with Crippen molar-refractivity contribution in [2.75, 3.05) is 25.1 Å². The number of likely N-dealkylation sites (tertiary alicyclic amines) is 1. The van der Waals surface area contributed by atoms with E-state index in [0.29, 0.717) is 34.8 Å². The number of carboxylic acid groups (broad SMARTS) is 1. The van der Waals surface area contributed by atoms with Crippen molar-refractivity contribution in [2.24, 2.45) is 11.8 Å². The van der Waals surface area contributed by atoms with E-state index in [2.05, 4.69) is 5.32 Å². The minimum absolute atomic E-state index is 0.0601. The molecule has 3 heterocycles. The fourth-order valence-electron chi connectivity index (χ4n) is 5.65. The molecule has 4 rings (SSSR count). The Morgan fingerprint density at radius 3 is 2.55 bits per heavy atom. The molecule has 3 amide bonds. The van der Waals surface area contributed by atoms with E-state index >= 15 is 0 Å². The maximum atomic E-state index is 13.2. The van der Waals surface area contributed by atoms with E-state index in [1.54, 1.807) is 11.9 Å². The molecule has 0 aromatic heterocycles. The van der Waals surface area contributed by atoms with E-state index in [9.17, 15) is 39.5 Å². The highest BCUT2D eigenvalue weighted by molar-refractivity contribution is 8.03. The summed E-state index contributed by atoms with van der Waals surface area (Å²) in [5.41, 5.74) is 0.462. The van der Waals surface area contributed by atoms with Gasteiger partial charge >= 0.3 is 12.1 Å². The number of carboxylic acids is 1. The lowest BCUT2D eigenvalue weighted by molar-refractivity contribution is -0.384. The maximum Gasteiger partial charge on any atom is 0.410 e. The Bertz CT molecular complexity index is 1270. The van der Waals surface area contributed by atoms with Gasteiger partial charge < -0.3 is 30.1 Å². The van der Waals surface area contributed by atoms with E-state index in [-0.39, 0.29) is 47.7 Å². The third-order valence-corrected chi connectivity index (χ3v) is 10.4. The number of β-lactam (4-membered cyclic amide) rings is 1. The van der Waals surface area contributed by atoms with Gasteiger partial charge in [0.25, 0.3) is 5.69 Å². The zero-order valence-corrected chi connectivity index (χ0v) is 25.1. The first-order valence-electron chi connectivity index (χ1n) is 13.5. The Balaban J connectivity index is 1.46. The number of fused-ring (bicyclic) bond motifs is 1. The Morgan fingerprint density at radius 2 is 1.95 bits per heavy atom. The second-order valence-corrected chi connectivity index (χ2v) is 13.0. The van der Waals surface area contributed by atoms with Gasteiger partial charge in [0, 0.05) is 65.8 Å². The van der Waals surface area contributed by atoms with Crippen molar-refractivity contribution < 1.29 is 39.1 Å². The van der Waals surface area contributed by atoms with E-state index in [1.165, 1.54) is 59.6 Å². The van der Waals surface area contributed by atoms with Crippen LogP contribution in [0.5, 0.6) is 0 Å². The number of carbonyl (C=O) groups excluding carboxylic acids is 3. The molecule has 0 spiro atoms. The lowest BCUT2D eigenvalue weighted by Crippen LogP contribution is -2.63. The number of nitrogens with zero attached hydrogens (tertiary/aromatic N) is 3. The van der Waals surface area contributed by atoms with Crippen molar-refractivity contribution in [3.8, 4) is 0 Å². The highest BCUT2D eigenvalue weighted by Crippen LogP contribution is 2.52. The van der Waals surface area contributed by atoms with Gasteiger partial charge in [-0.05, 0) is 31.0 Å². The van der Waals surface area contributed by atoms with Gasteiger partial charge in [0.1, 0.15) is 12.3 Å². The monoisotopic (exact) mass is 622 g/mol. The Labute approximate surface area is 251 Å². The number of carbonyl (C=O) groups is 4. The SMILES string of the molecule is CNC(=O)CCSC[C@@H]1C[C@H](SC2=C(C(=O)O)N3C(=O)[C@H]([C@@H](C)O)C3[C@H]2C)CN1C(=O)OCc1ccc([N+](=O)[O-])cc1. The summed E-state index contributed by atoms with van der Waals surface area (Å²) in [4.78, 5) is 63.6. The number of hydrogen-bond donors (Lipinski definition) is 3. The fraction of sp³-hybridized carbons (Fsp3) is 0.556. The zero-order valence-electron chi connectivity index (χ0n) is 23.4. The van der Waals surface area contributed by atoms with Crippen LogP contribution in [0.2, 0.25) is 0 Å². The van der Waals surface area contributed by atoms with Crippen LogP contribution in [0.3, 0.4) is 0 Å². The number of benzene rings is 1. The summed E-state index contributed by atoms with van der Waals surface area (Å²) >= 11 is 2.88. The van der Waals surface area contributed by atoms with E-state index in [1.807, 2.05) is 6.92 Å². The molecule has 0 radical (unpaired) electrons. The van der Waals surface area contributed by atoms with Crippen LogP contribution in [-0.4, -0.2) is 97.3 Å². The number of non-ortho nitro benzene ring substituents is 1. The molecule has 15 heteroatoms. The van der Waals surface area contributed by atoms with Crippen molar-refractivity contribution in [1.82, 2.24) is 15.1 Å². The molecule has 3 aliphatic heterocycles. The third-order valence-electron chi connectivity index (χ3n) is 7.79. The zero-order chi connectivity index (χ0) is 30.7. The number of nitro benzene ring substituents is 1. The molecule has 3 aliphatic rings. The summed E-state index contributed by atoms with van der Waals surface area (Å²) in [6, 6.07) is 5.05. The predicted octanol–water partition coefficient (Wildman–Crippen LogP) is 2.43. The van der Waals surface area contributed by atoms with Crippen LogP contribution in [0.15, 0.2) is 34.9 Å². The van der Waals surface area contributed by atoms with Crippen LogP contribution >= 0.6 is 23.5 Å². The average molecular weight is 623 g/mol. The lowest BCUT2D eigenvalue weighted by Gasteiger charge is -2.46. The molecule has 0 bridgehead atoms. The van der Waals surface area contributed by atoms with Crippen LogP contribution in [0.25, 0.3) is 0 Å². The summed E-state index contributed by atoms with van der Waals surface area (Å²) in [7, 11) is 1.57. The molecular weight excluding hydrogens is 588 g/mol. The summed E-state index contributed by atoms with van der Waals surface area (Å²) in [6.45, 7) is 3.59. The van der Waals surface area contributed by atoms with Crippen LogP contribution in [0.1, 0.15) is 32.3 Å². The quantitative estimate of drug-likeness (QED) is 0.135. The number of hydrogen-bond acceptors (Lipinski definition) is 10. The van der Waals surface area contributed by atoms with Gasteiger partial charge in [0.05, 0.1) is 23.0 Å². The Kier molecular flexibility index (Phi) is 10.0. The van der Waals surface area contributed by atoms with Crippen molar-refractivity contribution in [3.63, 3.8) is 0 Å². The molecule has 6 atom stereocenters. The van der Waals surface area contributed by atoms with Gasteiger partial charge in [-0.2, -0.15) is 11.8 Å². The van der Waals surface area contributed by atoms with Crippen LogP contribution in [0.4, 0.5) is 10.5 Å². The van der Waals surface area contributed by atoms with Gasteiger partial charge in [0.15, 0.2) is 0 Å². The molecule has 1 aromatic rings. The molecule has 2 fully saturated rings. The van der Waals surface area contributed by atoms with Crippen LogP contribution in [-0.2, 0) is 25.7 Å². The van der Waals surface area contributed by atoms with Crippen LogP contribution < -0.4 is 5.32 Å². The summed E-state index contributed by atoms with van der Waals surface area (Å²) in [6.07, 6.45) is -0.581. The number of aliphatic carboxylic acids is 1. The molecular formula is C27H34N4O9S2. The molecule has 1 unspecified atom stereocenters. The fourth-order valence-corrected chi connectivity index (χ4v) is 8.30. The number of nitro groups is 1. The number of rotatable bonds is 12. The second kappa shape index (κ2) is 13.3. The maximum absolute atomic E-state index is 13.2. The molecule has 228 valence electrons. The number of aliphatic hydroxyl groups excluding tert-OH is 1. The van der Waals surface area contributed by atoms with Gasteiger partial charge in [-0.1, -0.05) is 6.92 Å². The summed E-state index contributed by atoms with van der Waals surface area (Å²) in [5.74, 6) is -1.54. The molecule has 1 aromatic carbocycles. The lowest BCUT2D eigenvalue weighted by atomic mass is 9.79. The molecule has 0 saturated carbocycles. The second-order valence-electron chi connectivity index (χ2n) is 10.5. The van der Waals surface area contributed by atoms with E-state index in [4.69, 9.17) is 4.74 Å². The highest BCUT2D eigenvalue weighted by atomic mass is 32.2. The predicted molar refractivity (Wildman–Crippen MR) is 155 cm³/mol. The number of aliphatic hydroxyl groups is 1. The normalized spacial score (nSPS) is 25.6. The van der Waals surface area contributed by atoms with Crippen molar-refractivity contribution in [3.05, 3.63) is 50.5 Å². The standard InChI is InChI=1S/C27H34N4O9S2/c1-14-22-21(15(2)32)25(34)30(22)23(26(35)36)24(14)42-19-10-18(13-41-9-8-20(33)28-3)29(11-19)27(37)40-12-16-4-6-17(7-5-16)31(38)39/h4-7,14-15,18-19,21-22,32H,8-13H2,1-3H3,(H,28,33)(H,35,36)/t14-,15-,18+,19+,21-,22?/m1/s1. The number of nitrogens with one attached hydrogen (secondary N) is 1. The molecule has 13 nitrogen and oxygen atoms in total. The van der Waals surface area contributed by atoms with Gasteiger partial charge in [-0.25, -0.2) is 9.59 Å². The van der Waals surface area contributed by atoms with Gasteiger partial charge in [0.2, 0.25) is 11.8 Å². The van der Waals surface area contributed by atoms with Gasteiger partial charge in [-0.15, -0.1) is 11.8 Å². The molecule has 3 N–H and O–H groups in total. The minimum atomic E-state index is -1.21. The smallest absolute Gasteiger partial charge is 0.410 e. The van der Waals surface area contributed by atoms with Crippen LogP contribution in [0, 0.1) is 22.0 Å². The first-order valence-corrected chi connectivity index (χ1v) is 15.6. The first kappa shape index (κ1) is 31.6. The number of ether oxygens (including phenoxy) is 1. The molecule has 0 aliphatic carbocycles. The summed E-state index contributed by atoms with van der Waals surface area (Å²) < 4.78 is 5.55. The molecule has 42 heavy (non-hydrogen) atoms. The van der Waals surface area contributed by atoms with Gasteiger partial charge in [-0.3, -0.25) is 19.7 Å². The van der Waals surface area contributed by atoms with Crippen molar-refractivity contribution in [1.29, 1.82) is 0 Å². The highest BCUT2D eigenvalue weighted by Gasteiger charge is 2.60. The van der Waals surface area contributed by atoms with Crippen molar-refractivity contribution >= 4 is 53.1 Å². The number of amides is 3. The van der Waals surface area contributed by atoms with Crippen molar-refractivity contribution in [2.45, 2.75) is 56.7 Å². The number of thioether (sulfide) groups is 2. The first-order chi connectivity index (χ1) is 19.9. The average Bonchev–Trinajstić information content (AvgIpc) is 3.46. The van der Waals surface area contributed by atoms with E-state index < -0.39 is 41.0 Å². The summed E-state index contributed by atoms with van der Waals surface area (Å²) in [5, 5.41) is 33.4. The largest absolute Gasteiger partial charge is 0.477 e. The Morgan fingerprint density at radius 1 is 1.26 bits per heavy atom.